The molecule has 5 rings (SSSR count). The molecule has 2 aromatic carbocycles. The largest absolute Gasteiger partial charge is 0.297 e. The van der Waals surface area contributed by atoms with E-state index in [-0.39, 0.29) is 16.7 Å². The maximum absolute atomic E-state index is 13.8. The summed E-state index contributed by atoms with van der Waals surface area (Å²) in [4.78, 5) is 36.5. The Balaban J connectivity index is 1.46. The number of hydrogen-bond donors (Lipinski definition) is 0. The predicted octanol–water partition coefficient (Wildman–Crippen LogP) is 4.39. The fourth-order valence-corrected chi connectivity index (χ4v) is 5.37. The number of nitrogens with zero attached hydrogens (tertiary/aromatic N) is 3. The van der Waals surface area contributed by atoms with Gasteiger partial charge in [0.2, 0.25) is 0 Å². The van der Waals surface area contributed by atoms with Gasteiger partial charge in [0, 0.05) is 43.9 Å². The number of fused-ring (bicyclic) bond motifs is 1. The number of Topliss-reactive ketones (excluding diaryl/α,β-unsaturated/α-hetero) is 2. The van der Waals surface area contributed by atoms with Crippen LogP contribution in [0.15, 0.2) is 66.7 Å². The average molecular weight is 460 g/mol. The third kappa shape index (κ3) is 3.61. The second-order valence-electron chi connectivity index (χ2n) is 8.65. The summed E-state index contributed by atoms with van der Waals surface area (Å²) in [5, 5.41) is 0.276. The Hall–Kier alpha value is -2.86. The van der Waals surface area contributed by atoms with Gasteiger partial charge in [-0.15, -0.1) is 0 Å². The molecule has 0 bridgehead atoms. The molecule has 3 aromatic rings. The van der Waals surface area contributed by atoms with Crippen LogP contribution >= 0.6 is 11.6 Å². The first-order valence-electron chi connectivity index (χ1n) is 11.4. The molecule has 0 radical (unpaired) electrons. The number of piperazine rings is 1. The van der Waals surface area contributed by atoms with Crippen LogP contribution < -0.4 is 0 Å². The topological polar surface area (TPSA) is 53.5 Å². The Kier molecular flexibility index (Phi) is 5.87. The Bertz CT molecular complexity index is 1180. The van der Waals surface area contributed by atoms with E-state index in [9.17, 15) is 9.59 Å². The SMILES string of the molecule is CCc1ccccc1CN1CCN(C2(c3cccc(Cl)n3)C(=O)c3ccccc3C2=O)CC1. The summed E-state index contributed by atoms with van der Waals surface area (Å²) >= 11 is 6.21. The molecule has 1 fully saturated rings. The van der Waals surface area contributed by atoms with Gasteiger partial charge in [0.1, 0.15) is 5.15 Å². The number of aromatic nitrogens is 1. The lowest BCUT2D eigenvalue weighted by atomic mass is 9.85. The number of aryl methyl sites for hydroxylation is 1. The van der Waals surface area contributed by atoms with Gasteiger partial charge in [-0.1, -0.05) is 73.1 Å². The molecular formula is C27H26ClN3O2. The third-order valence-electron chi connectivity index (χ3n) is 6.90. The van der Waals surface area contributed by atoms with Crippen molar-refractivity contribution in [2.24, 2.45) is 0 Å². The molecule has 0 unspecified atom stereocenters. The van der Waals surface area contributed by atoms with Crippen LogP contribution in [0.25, 0.3) is 0 Å². The van der Waals surface area contributed by atoms with Crippen molar-refractivity contribution in [2.75, 3.05) is 26.2 Å². The number of benzene rings is 2. The van der Waals surface area contributed by atoms with Gasteiger partial charge < -0.3 is 0 Å². The van der Waals surface area contributed by atoms with Gasteiger partial charge in [-0.05, 0) is 29.7 Å². The van der Waals surface area contributed by atoms with Crippen LogP contribution in [0.3, 0.4) is 0 Å². The second kappa shape index (κ2) is 8.82. The average Bonchev–Trinajstić information content (AvgIpc) is 3.08. The van der Waals surface area contributed by atoms with Crippen LogP contribution in [0.5, 0.6) is 0 Å². The summed E-state index contributed by atoms with van der Waals surface area (Å²) in [5.41, 5.74) is 2.57. The van der Waals surface area contributed by atoms with Crippen molar-refractivity contribution in [3.63, 3.8) is 0 Å². The number of carbonyl (C=O) groups excluding carboxylic acids is 2. The highest BCUT2D eigenvalue weighted by molar-refractivity contribution is 6.33. The van der Waals surface area contributed by atoms with Crippen molar-refractivity contribution in [1.29, 1.82) is 0 Å². The molecule has 0 N–H and O–H groups in total. The first kappa shape index (κ1) is 22.0. The van der Waals surface area contributed by atoms with Crippen LogP contribution in [0.1, 0.15) is 44.5 Å². The van der Waals surface area contributed by atoms with E-state index in [1.165, 1.54) is 11.1 Å². The zero-order chi connectivity index (χ0) is 23.0. The van der Waals surface area contributed by atoms with Gasteiger partial charge >= 0.3 is 0 Å². The fourth-order valence-electron chi connectivity index (χ4n) is 5.20. The van der Waals surface area contributed by atoms with Crippen LogP contribution in [-0.2, 0) is 18.5 Å². The van der Waals surface area contributed by atoms with Crippen molar-refractivity contribution >= 4 is 23.2 Å². The van der Waals surface area contributed by atoms with Crippen molar-refractivity contribution < 1.29 is 9.59 Å². The first-order valence-corrected chi connectivity index (χ1v) is 11.8. The summed E-state index contributed by atoms with van der Waals surface area (Å²) in [6, 6.07) is 20.8. The van der Waals surface area contributed by atoms with Gasteiger partial charge in [-0.3, -0.25) is 19.4 Å². The molecule has 2 aliphatic rings. The molecule has 168 valence electrons. The highest BCUT2D eigenvalue weighted by atomic mass is 35.5. The Labute approximate surface area is 199 Å². The van der Waals surface area contributed by atoms with E-state index in [4.69, 9.17) is 11.6 Å². The molecule has 0 spiro atoms. The van der Waals surface area contributed by atoms with E-state index in [2.05, 4.69) is 41.1 Å². The number of halogens is 1. The van der Waals surface area contributed by atoms with E-state index in [1.54, 1.807) is 42.5 Å². The first-order chi connectivity index (χ1) is 16.1. The molecule has 6 heteroatoms. The highest BCUT2D eigenvalue weighted by Gasteiger charge is 2.59. The minimum Gasteiger partial charge on any atom is -0.297 e. The van der Waals surface area contributed by atoms with Gasteiger partial charge in [-0.2, -0.15) is 0 Å². The number of rotatable bonds is 5. The lowest BCUT2D eigenvalue weighted by Crippen LogP contribution is -2.60. The minimum atomic E-state index is -1.46. The number of hydrogen-bond acceptors (Lipinski definition) is 5. The Morgan fingerprint density at radius 3 is 2.03 bits per heavy atom. The van der Waals surface area contributed by atoms with Crippen LogP contribution in [0.2, 0.25) is 5.15 Å². The molecule has 0 atom stereocenters. The third-order valence-corrected chi connectivity index (χ3v) is 7.11. The normalized spacial score (nSPS) is 18.5. The molecule has 5 nitrogen and oxygen atoms in total. The van der Waals surface area contributed by atoms with Gasteiger partial charge in [0.25, 0.3) is 0 Å². The fraction of sp³-hybridized carbons (Fsp3) is 0.296. The summed E-state index contributed by atoms with van der Waals surface area (Å²) in [7, 11) is 0. The number of carbonyl (C=O) groups is 2. The summed E-state index contributed by atoms with van der Waals surface area (Å²) in [6.45, 7) is 5.74. The van der Waals surface area contributed by atoms with Crippen molar-refractivity contribution in [3.05, 3.63) is 99.8 Å². The monoisotopic (exact) mass is 459 g/mol. The van der Waals surface area contributed by atoms with Gasteiger partial charge in [0.05, 0.1) is 5.69 Å². The van der Waals surface area contributed by atoms with E-state index in [0.29, 0.717) is 29.9 Å². The van der Waals surface area contributed by atoms with Crippen LogP contribution in [-0.4, -0.2) is 52.5 Å². The molecule has 1 aliphatic heterocycles. The maximum Gasteiger partial charge on any atom is 0.198 e. The van der Waals surface area contributed by atoms with E-state index in [0.717, 1.165) is 26.1 Å². The van der Waals surface area contributed by atoms with Gasteiger partial charge in [0.15, 0.2) is 17.1 Å². The number of pyridine rings is 1. The molecule has 33 heavy (non-hydrogen) atoms. The van der Waals surface area contributed by atoms with Crippen LogP contribution in [0, 0.1) is 0 Å². The minimum absolute atomic E-state index is 0.206. The quantitative estimate of drug-likeness (QED) is 0.418. The molecule has 1 aliphatic carbocycles. The summed E-state index contributed by atoms with van der Waals surface area (Å²) < 4.78 is 0. The van der Waals surface area contributed by atoms with E-state index >= 15 is 0 Å². The van der Waals surface area contributed by atoms with Crippen molar-refractivity contribution in [1.82, 2.24) is 14.8 Å². The van der Waals surface area contributed by atoms with E-state index in [1.807, 2.05) is 4.90 Å². The molecule has 0 amide bonds. The highest BCUT2D eigenvalue weighted by Crippen LogP contribution is 2.42. The molecular weight excluding hydrogens is 434 g/mol. The second-order valence-corrected chi connectivity index (χ2v) is 9.03. The van der Waals surface area contributed by atoms with Crippen molar-refractivity contribution in [2.45, 2.75) is 25.4 Å². The zero-order valence-corrected chi connectivity index (χ0v) is 19.4. The van der Waals surface area contributed by atoms with E-state index < -0.39 is 5.54 Å². The molecule has 1 saturated heterocycles. The zero-order valence-electron chi connectivity index (χ0n) is 18.6. The maximum atomic E-state index is 13.8. The smallest absolute Gasteiger partial charge is 0.198 e. The standard InChI is InChI=1S/C27H26ClN3O2/c1-2-19-8-3-4-9-20(19)18-30-14-16-31(17-15-30)27(23-12-7-13-24(28)29-23)25(32)21-10-5-6-11-22(21)26(27)33/h3-13H,2,14-18H2,1H3. The molecule has 1 aromatic heterocycles. The number of ketones is 2. The van der Waals surface area contributed by atoms with Crippen LogP contribution in [0.4, 0.5) is 0 Å². The summed E-state index contributed by atoms with van der Waals surface area (Å²) in [6.07, 6.45) is 1.00. The predicted molar refractivity (Wildman–Crippen MR) is 129 cm³/mol. The van der Waals surface area contributed by atoms with Gasteiger partial charge in [-0.25, -0.2) is 4.98 Å². The molecule has 0 saturated carbocycles. The van der Waals surface area contributed by atoms with Crippen molar-refractivity contribution in [3.8, 4) is 0 Å². The lowest BCUT2D eigenvalue weighted by molar-refractivity contribution is 0.0266. The Morgan fingerprint density at radius 1 is 0.818 bits per heavy atom. The lowest BCUT2D eigenvalue weighted by Gasteiger charge is -2.43. The Morgan fingerprint density at radius 2 is 1.42 bits per heavy atom. The molecule has 2 heterocycles. The summed E-state index contributed by atoms with van der Waals surface area (Å²) in [5.74, 6) is -0.412.